The average molecular weight is 1250 g/mol. The molecule has 4 aromatic heterocycles. The molecule has 2 aliphatic heterocycles. The minimum absolute atomic E-state index is 0.0271. The lowest BCUT2D eigenvalue weighted by molar-refractivity contribution is -0.132. The summed E-state index contributed by atoms with van der Waals surface area (Å²) in [5, 5.41) is 19.7. The number of ether oxygens (including phenoxy) is 7. The van der Waals surface area contributed by atoms with E-state index < -0.39 is 11.5 Å². The van der Waals surface area contributed by atoms with Crippen LogP contribution in [0, 0.1) is 19.8 Å². The van der Waals surface area contributed by atoms with E-state index in [4.69, 9.17) is 51.6 Å². The number of nitrogens with zero attached hydrogens (tertiary/aromatic N) is 8. The van der Waals surface area contributed by atoms with E-state index in [-0.39, 0.29) is 41.4 Å². The highest BCUT2D eigenvalue weighted by Gasteiger charge is 2.30. The van der Waals surface area contributed by atoms with Crippen molar-refractivity contribution < 1.29 is 61.1 Å². The second kappa shape index (κ2) is 33.1. The first-order valence-corrected chi connectivity index (χ1v) is 29.6. The van der Waals surface area contributed by atoms with Crippen molar-refractivity contribution in [2.24, 2.45) is 5.92 Å². The zero-order valence-electron chi connectivity index (χ0n) is 47.6. The van der Waals surface area contributed by atoms with E-state index in [0.29, 0.717) is 193 Å². The molecule has 24 nitrogen and oxygen atoms in total. The number of alkyl halides is 3. The molecule has 6 heterocycles. The van der Waals surface area contributed by atoms with E-state index in [9.17, 15) is 28.0 Å². The van der Waals surface area contributed by atoms with Crippen LogP contribution in [0.3, 0.4) is 0 Å². The van der Waals surface area contributed by atoms with Crippen molar-refractivity contribution in [3.05, 3.63) is 106 Å². The van der Waals surface area contributed by atoms with E-state index in [1.54, 1.807) is 24.4 Å². The molecule has 2 aliphatic rings. The van der Waals surface area contributed by atoms with Gasteiger partial charge < -0.3 is 69.1 Å². The van der Waals surface area contributed by atoms with Crippen LogP contribution in [0.5, 0.6) is 5.75 Å². The second-order valence-corrected chi connectivity index (χ2v) is 21.5. The molecule has 0 saturated carbocycles. The number of H-pyrrole nitrogens is 1. The minimum atomic E-state index is -3.86. The van der Waals surface area contributed by atoms with Crippen molar-refractivity contribution >= 4 is 92.1 Å². The molecule has 0 bridgehead atoms. The van der Waals surface area contributed by atoms with Gasteiger partial charge >= 0.3 is 5.57 Å². The van der Waals surface area contributed by atoms with Crippen molar-refractivity contribution in [1.82, 2.24) is 40.3 Å². The van der Waals surface area contributed by atoms with Crippen molar-refractivity contribution in [3.8, 4) is 17.0 Å². The van der Waals surface area contributed by atoms with Gasteiger partial charge in [0.2, 0.25) is 11.8 Å². The first-order valence-electron chi connectivity index (χ1n) is 28.0. The Hall–Kier alpha value is -7.21. The van der Waals surface area contributed by atoms with Crippen LogP contribution in [0.15, 0.2) is 79.3 Å². The molecular formula is C57H69Cl2F2N13O11S. The lowest BCUT2D eigenvalue weighted by atomic mass is 9.95. The Bertz CT molecular complexity index is 3110. The number of aryl methyl sites for hydroxylation is 2. The van der Waals surface area contributed by atoms with Crippen molar-refractivity contribution in [2.75, 3.05) is 151 Å². The highest BCUT2D eigenvalue weighted by molar-refractivity contribution is 7.17. The standard InChI is InChI=1S/C57H69Cl2F2N13O11S/c1-38-4-3-5-45(58)51(38)70-55(78)47-37-64-56(86-47)69-48-35-49(67-39(2)66-48)72-18-20-73(21-19-72)50(75)13-22-79-24-26-81-28-30-83-32-33-84-31-29-82-27-25-80-23-15-62-53(76)40-11-16-74(17-12-40)52-44(46-10-14-65-71-46)34-41(36-63-52)54(77)68-42-6-8-43(9-7-42)85-57(59,60)61/h3-10,14,34-37,40H,11-13,15-33H2,1-2H3,(H,62,76)(H,65,71)(H,68,77)(H,70,78)(H,64,66,67,69). The maximum Gasteiger partial charge on any atom is 0.487 e. The normalized spacial score (nSPS) is 13.9. The first kappa shape index (κ1) is 64.8. The number of nitrogens with one attached hydrogen (secondary N) is 5. The fourth-order valence-electron chi connectivity index (χ4n) is 9.12. The minimum Gasteiger partial charge on any atom is -0.420 e. The molecule has 0 radical (unpaired) electrons. The average Bonchev–Trinajstić information content (AvgIpc) is 2.21. The van der Waals surface area contributed by atoms with E-state index in [1.807, 2.05) is 36.9 Å². The number of carbonyl (C=O) groups is 4. The predicted molar refractivity (Wildman–Crippen MR) is 320 cm³/mol. The van der Waals surface area contributed by atoms with E-state index >= 15 is 0 Å². The predicted octanol–water partition coefficient (Wildman–Crippen LogP) is 7.58. The Balaban J connectivity index is 0.583. The molecule has 6 aromatic rings. The third-order valence-corrected chi connectivity index (χ3v) is 14.8. The molecule has 4 amide bonds. The zero-order valence-corrected chi connectivity index (χ0v) is 50.0. The quantitative estimate of drug-likeness (QED) is 0.0196. The van der Waals surface area contributed by atoms with Crippen molar-refractivity contribution in [1.29, 1.82) is 0 Å². The van der Waals surface area contributed by atoms with Gasteiger partial charge in [-0.25, -0.2) is 19.9 Å². The molecule has 0 unspecified atom stereocenters. The van der Waals surface area contributed by atoms with Gasteiger partial charge in [-0.2, -0.15) is 5.10 Å². The highest BCUT2D eigenvalue weighted by atomic mass is 35.5. The van der Waals surface area contributed by atoms with E-state index in [1.165, 1.54) is 48.0 Å². The summed E-state index contributed by atoms with van der Waals surface area (Å²) in [6.07, 6.45) is 6.04. The Morgan fingerprint density at radius 3 is 2.01 bits per heavy atom. The van der Waals surface area contributed by atoms with E-state index in [2.05, 4.69) is 65.9 Å². The molecule has 8 rings (SSSR count). The molecule has 0 aliphatic carbocycles. The Morgan fingerprint density at radius 2 is 1.38 bits per heavy atom. The topological polar surface area (TPSA) is 271 Å². The number of halogens is 4. The van der Waals surface area contributed by atoms with Gasteiger partial charge in [0.1, 0.15) is 33.9 Å². The molecule has 29 heteroatoms. The number of carbonyl (C=O) groups excluding carboxylic acids is 4. The summed E-state index contributed by atoms with van der Waals surface area (Å²) in [5.74, 6) is 1.34. The van der Waals surface area contributed by atoms with Gasteiger partial charge in [-0.3, -0.25) is 24.3 Å². The van der Waals surface area contributed by atoms with Gasteiger partial charge in [-0.05, 0) is 74.7 Å². The SMILES string of the molecule is Cc1nc(Nc2ncc(C(=O)Nc3c(C)cccc3Cl)s2)cc(N2CCN(C(=O)CCOCCOCCOCCOCCOCCOCCNC(=O)C3CCN(c4ncc(C(=O)Nc5ccc(OC(F)(F)Cl)cc5)cc4-c4ccn[nH]4)CC3)CC2)n1. The summed E-state index contributed by atoms with van der Waals surface area (Å²) in [6.45, 7) is 12.1. The van der Waals surface area contributed by atoms with Gasteiger partial charge in [-0.1, -0.05) is 35.1 Å². The van der Waals surface area contributed by atoms with Crippen LogP contribution in [-0.2, 0) is 38.0 Å². The molecule has 462 valence electrons. The molecular weight excluding hydrogens is 1180 g/mol. The van der Waals surface area contributed by atoms with Gasteiger partial charge in [0.25, 0.3) is 11.8 Å². The number of thiazole rings is 1. The third-order valence-electron chi connectivity index (χ3n) is 13.5. The number of piperidine rings is 1. The number of rotatable bonds is 33. The zero-order chi connectivity index (χ0) is 60.7. The number of para-hydroxylation sites is 1. The van der Waals surface area contributed by atoms with Crippen LogP contribution in [0.25, 0.3) is 11.3 Å². The number of aromatic nitrogens is 6. The van der Waals surface area contributed by atoms with Crippen LogP contribution in [0.4, 0.5) is 42.7 Å². The van der Waals surface area contributed by atoms with Gasteiger partial charge in [0.15, 0.2) is 5.13 Å². The molecule has 2 fully saturated rings. The lowest BCUT2D eigenvalue weighted by Gasteiger charge is -2.35. The maximum absolute atomic E-state index is 13.2. The molecule has 5 N–H and O–H groups in total. The maximum atomic E-state index is 13.2. The summed E-state index contributed by atoms with van der Waals surface area (Å²) in [5.41, 5.74) is -0.523. The fraction of sp³-hybridized carbons (Fsp3) is 0.456. The van der Waals surface area contributed by atoms with Crippen LogP contribution in [0.2, 0.25) is 5.02 Å². The smallest absolute Gasteiger partial charge is 0.420 e. The van der Waals surface area contributed by atoms with E-state index in [0.717, 1.165) is 11.4 Å². The molecule has 2 saturated heterocycles. The van der Waals surface area contributed by atoms with Crippen LogP contribution < -0.4 is 35.8 Å². The Labute approximate surface area is 509 Å². The fourth-order valence-corrected chi connectivity index (χ4v) is 10.2. The number of anilines is 6. The van der Waals surface area contributed by atoms with Crippen LogP contribution >= 0.6 is 34.5 Å². The number of piperazine rings is 1. The number of aromatic amines is 1. The van der Waals surface area contributed by atoms with Gasteiger partial charge in [0.05, 0.1) is 114 Å². The molecule has 0 spiro atoms. The van der Waals surface area contributed by atoms with Crippen LogP contribution in [0.1, 0.15) is 50.7 Å². The Kier molecular flexibility index (Phi) is 24.9. The van der Waals surface area contributed by atoms with Gasteiger partial charge in [0, 0.05) is 93.0 Å². The monoisotopic (exact) mass is 1250 g/mol. The first-order chi connectivity index (χ1) is 41.7. The Morgan fingerprint density at radius 1 is 0.733 bits per heavy atom. The number of hydrogen-bond acceptors (Lipinski definition) is 20. The summed E-state index contributed by atoms with van der Waals surface area (Å²) in [7, 11) is 0. The summed E-state index contributed by atoms with van der Waals surface area (Å²) in [6, 6.07) is 16.1. The molecule has 0 atom stereocenters. The number of hydrogen-bond donors (Lipinski definition) is 5. The number of pyridine rings is 1. The highest BCUT2D eigenvalue weighted by Crippen LogP contribution is 2.33. The summed E-state index contributed by atoms with van der Waals surface area (Å²) < 4.78 is 63.9. The molecule has 2 aromatic carbocycles. The van der Waals surface area contributed by atoms with Crippen molar-refractivity contribution in [2.45, 2.75) is 38.7 Å². The second-order valence-electron chi connectivity index (χ2n) is 19.6. The number of benzene rings is 2. The van der Waals surface area contributed by atoms with Gasteiger partial charge in [-0.15, -0.1) is 8.78 Å². The van der Waals surface area contributed by atoms with Crippen LogP contribution in [-0.4, -0.2) is 189 Å². The molecule has 86 heavy (non-hydrogen) atoms. The number of amides is 4. The largest absolute Gasteiger partial charge is 0.487 e. The van der Waals surface area contributed by atoms with Crippen molar-refractivity contribution in [3.63, 3.8) is 0 Å². The summed E-state index contributed by atoms with van der Waals surface area (Å²) >= 11 is 12.3. The lowest BCUT2D eigenvalue weighted by Crippen LogP contribution is -2.49. The third kappa shape index (κ3) is 20.5. The summed E-state index contributed by atoms with van der Waals surface area (Å²) in [4.78, 5) is 76.7.